The minimum atomic E-state index is 0.227. The van der Waals surface area contributed by atoms with Gasteiger partial charge in [-0.15, -0.1) is 0 Å². The van der Waals surface area contributed by atoms with E-state index in [1.807, 2.05) is 13.8 Å². The molecule has 0 aromatic carbocycles. The van der Waals surface area contributed by atoms with Crippen LogP contribution in [-0.4, -0.2) is 19.3 Å². The van der Waals surface area contributed by atoms with Gasteiger partial charge < -0.3 is 4.74 Å². The zero-order valence-corrected chi connectivity index (χ0v) is 5.48. The molecule has 0 amide bonds. The average Bonchev–Trinajstić information content (AvgIpc) is 1.68. The smallest absolute Gasteiger partial charge is 0.0685 e. The van der Waals surface area contributed by atoms with Crippen molar-refractivity contribution in [3.05, 3.63) is 0 Å². The first-order chi connectivity index (χ1) is 3.81. The summed E-state index contributed by atoms with van der Waals surface area (Å²) in [6, 6.07) is 0. The van der Waals surface area contributed by atoms with Gasteiger partial charge in [0.1, 0.15) is 0 Å². The molecular weight excluding hydrogens is 104 g/mol. The maximum Gasteiger partial charge on any atom is 0.0685 e. The molecule has 0 aromatic rings. The summed E-state index contributed by atoms with van der Waals surface area (Å²) in [7, 11) is 0. The summed E-state index contributed by atoms with van der Waals surface area (Å²) in [5, 5.41) is 0. The van der Waals surface area contributed by atoms with E-state index in [1.54, 1.807) is 0 Å². The Balaban J connectivity index is 2.92. The number of hydrazine groups is 1. The van der Waals surface area contributed by atoms with Gasteiger partial charge in [-0.3, -0.25) is 11.3 Å². The van der Waals surface area contributed by atoms with Crippen molar-refractivity contribution in [2.45, 2.75) is 20.0 Å². The molecule has 0 bridgehead atoms. The Bertz CT molecular complexity index is 43.7. The molecule has 0 aliphatic heterocycles. The van der Waals surface area contributed by atoms with Crippen LogP contribution in [0.1, 0.15) is 13.8 Å². The second-order valence-corrected chi connectivity index (χ2v) is 1.67. The van der Waals surface area contributed by atoms with E-state index in [4.69, 9.17) is 10.6 Å². The third kappa shape index (κ3) is 4.05. The highest BCUT2D eigenvalue weighted by atomic mass is 16.5. The van der Waals surface area contributed by atoms with Crippen molar-refractivity contribution < 1.29 is 4.74 Å². The number of hydrogen-bond acceptors (Lipinski definition) is 3. The molecule has 0 aromatic heterocycles. The van der Waals surface area contributed by atoms with Crippen molar-refractivity contribution in [2.75, 3.05) is 13.2 Å². The van der Waals surface area contributed by atoms with Crippen LogP contribution in [0.4, 0.5) is 0 Å². The fraction of sp³-hybridized carbons (Fsp3) is 1.00. The zero-order chi connectivity index (χ0) is 6.41. The van der Waals surface area contributed by atoms with Crippen LogP contribution in [-0.2, 0) is 4.74 Å². The van der Waals surface area contributed by atoms with E-state index in [1.165, 1.54) is 0 Å². The summed E-state index contributed by atoms with van der Waals surface area (Å²) in [6.45, 7) is 5.41. The topological polar surface area (TPSA) is 47.3 Å². The minimum absolute atomic E-state index is 0.227. The molecule has 0 aliphatic carbocycles. The van der Waals surface area contributed by atoms with Crippen LogP contribution in [0.5, 0.6) is 0 Å². The van der Waals surface area contributed by atoms with Gasteiger partial charge in [-0.25, -0.2) is 0 Å². The molecule has 50 valence electrons. The van der Waals surface area contributed by atoms with Gasteiger partial charge in [-0.1, -0.05) is 0 Å². The number of nitrogens with one attached hydrogen (secondary N) is 1. The van der Waals surface area contributed by atoms with Crippen LogP contribution in [0.2, 0.25) is 0 Å². The predicted molar refractivity (Wildman–Crippen MR) is 33.3 cm³/mol. The van der Waals surface area contributed by atoms with Crippen molar-refractivity contribution in [1.29, 1.82) is 0 Å². The van der Waals surface area contributed by atoms with Crippen molar-refractivity contribution in [1.82, 2.24) is 5.43 Å². The van der Waals surface area contributed by atoms with Gasteiger partial charge in [0, 0.05) is 13.2 Å². The lowest BCUT2D eigenvalue weighted by Crippen LogP contribution is -2.31. The van der Waals surface area contributed by atoms with E-state index in [-0.39, 0.29) is 6.10 Å². The van der Waals surface area contributed by atoms with Gasteiger partial charge >= 0.3 is 0 Å². The van der Waals surface area contributed by atoms with E-state index in [0.29, 0.717) is 6.54 Å². The molecule has 0 saturated heterocycles. The van der Waals surface area contributed by atoms with Gasteiger partial charge in [0.25, 0.3) is 0 Å². The fourth-order valence-electron chi connectivity index (χ4n) is 0.509. The molecule has 1 atom stereocenters. The van der Waals surface area contributed by atoms with Crippen LogP contribution >= 0.6 is 0 Å². The first-order valence-corrected chi connectivity index (χ1v) is 2.86. The lowest BCUT2D eigenvalue weighted by atomic mass is 10.4. The second kappa shape index (κ2) is 5.03. The van der Waals surface area contributed by atoms with E-state index in [2.05, 4.69) is 5.43 Å². The standard InChI is InChI=1S/C5H14N2O/c1-3-8-5(2)4-7-6/h5,7H,3-4,6H2,1-2H3. The van der Waals surface area contributed by atoms with E-state index in [0.717, 1.165) is 6.61 Å². The molecule has 8 heavy (non-hydrogen) atoms. The highest BCUT2D eigenvalue weighted by Gasteiger charge is 1.95. The number of nitrogens with two attached hydrogens (primary N) is 1. The first-order valence-electron chi connectivity index (χ1n) is 2.86. The monoisotopic (exact) mass is 118 g/mol. The maximum atomic E-state index is 5.14. The normalized spacial score (nSPS) is 13.9. The van der Waals surface area contributed by atoms with Gasteiger partial charge in [0.15, 0.2) is 0 Å². The SMILES string of the molecule is CCOC(C)CNN. The Kier molecular flexibility index (Phi) is 4.95. The Morgan fingerprint density at radius 2 is 2.38 bits per heavy atom. The van der Waals surface area contributed by atoms with Crippen molar-refractivity contribution in [3.8, 4) is 0 Å². The second-order valence-electron chi connectivity index (χ2n) is 1.67. The van der Waals surface area contributed by atoms with E-state index >= 15 is 0 Å². The maximum absolute atomic E-state index is 5.14. The van der Waals surface area contributed by atoms with E-state index < -0.39 is 0 Å². The molecule has 0 saturated carbocycles. The molecule has 0 fully saturated rings. The molecular formula is C5H14N2O. The van der Waals surface area contributed by atoms with Crippen molar-refractivity contribution in [3.63, 3.8) is 0 Å². The summed E-state index contributed by atoms with van der Waals surface area (Å²) in [6.07, 6.45) is 0.227. The van der Waals surface area contributed by atoms with Gasteiger partial charge in [-0.2, -0.15) is 0 Å². The Morgan fingerprint density at radius 3 is 2.75 bits per heavy atom. The Hall–Kier alpha value is -0.120. The molecule has 0 aliphatic rings. The summed E-state index contributed by atoms with van der Waals surface area (Å²) in [4.78, 5) is 0. The van der Waals surface area contributed by atoms with Crippen molar-refractivity contribution in [2.24, 2.45) is 5.84 Å². The van der Waals surface area contributed by atoms with Gasteiger partial charge in [0.05, 0.1) is 6.10 Å². The lowest BCUT2D eigenvalue weighted by molar-refractivity contribution is 0.0763. The Labute approximate surface area is 50.2 Å². The molecule has 3 heteroatoms. The fourth-order valence-corrected chi connectivity index (χ4v) is 0.509. The van der Waals surface area contributed by atoms with Crippen LogP contribution in [0.25, 0.3) is 0 Å². The highest BCUT2D eigenvalue weighted by molar-refractivity contribution is 4.48. The summed E-state index contributed by atoms with van der Waals surface area (Å²) in [5.41, 5.74) is 2.53. The Morgan fingerprint density at radius 1 is 1.75 bits per heavy atom. The summed E-state index contributed by atoms with van der Waals surface area (Å²) < 4.78 is 5.14. The summed E-state index contributed by atoms with van der Waals surface area (Å²) in [5.74, 6) is 5.03. The number of ether oxygens (including phenoxy) is 1. The third-order valence-corrected chi connectivity index (χ3v) is 0.856. The first kappa shape index (κ1) is 7.88. The number of rotatable bonds is 4. The lowest BCUT2D eigenvalue weighted by Gasteiger charge is -2.08. The van der Waals surface area contributed by atoms with E-state index in [9.17, 15) is 0 Å². The third-order valence-electron chi connectivity index (χ3n) is 0.856. The van der Waals surface area contributed by atoms with Crippen LogP contribution < -0.4 is 11.3 Å². The molecule has 0 spiro atoms. The minimum Gasteiger partial charge on any atom is -0.377 e. The molecule has 0 rings (SSSR count). The van der Waals surface area contributed by atoms with Gasteiger partial charge in [-0.05, 0) is 13.8 Å². The van der Waals surface area contributed by atoms with Crippen LogP contribution in [0.3, 0.4) is 0 Å². The molecule has 0 heterocycles. The molecule has 3 nitrogen and oxygen atoms in total. The summed E-state index contributed by atoms with van der Waals surface area (Å²) >= 11 is 0. The largest absolute Gasteiger partial charge is 0.377 e. The van der Waals surface area contributed by atoms with Crippen LogP contribution in [0.15, 0.2) is 0 Å². The quantitative estimate of drug-likeness (QED) is 0.399. The highest BCUT2D eigenvalue weighted by Crippen LogP contribution is 1.84. The predicted octanol–water partition coefficient (Wildman–Crippen LogP) is -0.125. The van der Waals surface area contributed by atoms with Gasteiger partial charge in [0.2, 0.25) is 0 Å². The molecule has 3 N–H and O–H groups in total. The van der Waals surface area contributed by atoms with Crippen LogP contribution in [0, 0.1) is 0 Å². The average molecular weight is 118 g/mol. The molecule has 0 radical (unpaired) electrons. The number of hydrogen-bond donors (Lipinski definition) is 2. The van der Waals surface area contributed by atoms with Crippen molar-refractivity contribution >= 4 is 0 Å². The zero-order valence-electron chi connectivity index (χ0n) is 5.48. The molecule has 1 unspecified atom stereocenters.